The molecule has 3 nitrogen and oxygen atoms in total. The predicted molar refractivity (Wildman–Crippen MR) is 75.4 cm³/mol. The van der Waals surface area contributed by atoms with Crippen molar-refractivity contribution in [2.24, 2.45) is 0 Å². The molecule has 2 unspecified atom stereocenters. The molecule has 0 aliphatic rings. The molecule has 0 saturated heterocycles. The standard InChI is InChI=1S/C13H19Cl2NO2/c1-9(16-7-6-10(17)8-18-2)11-4-3-5-12(14)13(11)15/h3-5,9-10,16-17H,6-8H2,1-2H3. The van der Waals surface area contributed by atoms with Crippen LogP contribution in [0.2, 0.25) is 10.0 Å². The fourth-order valence-electron chi connectivity index (χ4n) is 1.71. The van der Waals surface area contributed by atoms with Gasteiger partial charge in [0.15, 0.2) is 0 Å². The van der Waals surface area contributed by atoms with E-state index in [0.717, 1.165) is 5.56 Å². The van der Waals surface area contributed by atoms with Gasteiger partial charge in [-0.05, 0) is 31.5 Å². The average molecular weight is 292 g/mol. The van der Waals surface area contributed by atoms with Gasteiger partial charge in [0.25, 0.3) is 0 Å². The Morgan fingerprint density at radius 2 is 2.11 bits per heavy atom. The van der Waals surface area contributed by atoms with Crippen LogP contribution >= 0.6 is 23.2 Å². The number of hydrogen-bond donors (Lipinski definition) is 2. The zero-order chi connectivity index (χ0) is 13.5. The van der Waals surface area contributed by atoms with E-state index in [1.165, 1.54) is 0 Å². The number of nitrogens with one attached hydrogen (secondary N) is 1. The minimum atomic E-state index is -0.440. The molecule has 5 heteroatoms. The first kappa shape index (κ1) is 15.7. The number of aliphatic hydroxyl groups excluding tert-OH is 1. The van der Waals surface area contributed by atoms with Gasteiger partial charge < -0.3 is 15.2 Å². The fourth-order valence-corrected chi connectivity index (χ4v) is 2.18. The van der Waals surface area contributed by atoms with Crippen LogP contribution < -0.4 is 5.32 Å². The van der Waals surface area contributed by atoms with E-state index in [-0.39, 0.29) is 6.04 Å². The molecule has 0 aliphatic carbocycles. The molecule has 0 aliphatic heterocycles. The smallest absolute Gasteiger partial charge is 0.0785 e. The molecule has 0 bridgehead atoms. The predicted octanol–water partition coefficient (Wildman–Crippen LogP) is 3.04. The summed E-state index contributed by atoms with van der Waals surface area (Å²) >= 11 is 12.1. The number of benzene rings is 1. The van der Waals surface area contributed by atoms with E-state index in [9.17, 15) is 5.11 Å². The van der Waals surface area contributed by atoms with E-state index in [4.69, 9.17) is 27.9 Å². The van der Waals surface area contributed by atoms with E-state index in [0.29, 0.717) is 29.6 Å². The number of rotatable bonds is 7. The summed E-state index contributed by atoms with van der Waals surface area (Å²) in [6.45, 7) is 3.06. The van der Waals surface area contributed by atoms with Crippen molar-refractivity contribution < 1.29 is 9.84 Å². The highest BCUT2D eigenvalue weighted by molar-refractivity contribution is 6.42. The van der Waals surface area contributed by atoms with Gasteiger partial charge in [-0.15, -0.1) is 0 Å². The summed E-state index contributed by atoms with van der Waals surface area (Å²) in [7, 11) is 1.57. The largest absolute Gasteiger partial charge is 0.391 e. The average Bonchev–Trinajstić information content (AvgIpc) is 2.33. The molecule has 1 rings (SSSR count). The van der Waals surface area contributed by atoms with Gasteiger partial charge in [0.2, 0.25) is 0 Å². The first-order chi connectivity index (χ1) is 8.56. The van der Waals surface area contributed by atoms with Crippen LogP contribution in [0.15, 0.2) is 18.2 Å². The van der Waals surface area contributed by atoms with Crippen molar-refractivity contribution in [3.63, 3.8) is 0 Å². The number of ether oxygens (including phenoxy) is 1. The summed E-state index contributed by atoms with van der Waals surface area (Å²) in [6, 6.07) is 5.67. The highest BCUT2D eigenvalue weighted by atomic mass is 35.5. The second-order valence-corrected chi connectivity index (χ2v) is 5.00. The van der Waals surface area contributed by atoms with E-state index >= 15 is 0 Å². The molecule has 0 radical (unpaired) electrons. The van der Waals surface area contributed by atoms with Crippen LogP contribution in [0.25, 0.3) is 0 Å². The molecule has 18 heavy (non-hydrogen) atoms. The van der Waals surface area contributed by atoms with Gasteiger partial charge in [0.05, 0.1) is 22.8 Å². The van der Waals surface area contributed by atoms with Crippen molar-refractivity contribution in [1.29, 1.82) is 0 Å². The van der Waals surface area contributed by atoms with Gasteiger partial charge in [0.1, 0.15) is 0 Å². The lowest BCUT2D eigenvalue weighted by Gasteiger charge is -2.17. The van der Waals surface area contributed by atoms with Crippen molar-refractivity contribution in [2.75, 3.05) is 20.3 Å². The molecule has 2 N–H and O–H groups in total. The lowest BCUT2D eigenvalue weighted by Crippen LogP contribution is -2.25. The van der Waals surface area contributed by atoms with Crippen LogP contribution in [0, 0.1) is 0 Å². The summed E-state index contributed by atoms with van der Waals surface area (Å²) in [5, 5.41) is 14.0. The highest BCUT2D eigenvalue weighted by Gasteiger charge is 2.12. The number of halogens is 2. The third kappa shape index (κ3) is 4.75. The van der Waals surface area contributed by atoms with Gasteiger partial charge in [-0.1, -0.05) is 35.3 Å². The van der Waals surface area contributed by atoms with Gasteiger partial charge >= 0.3 is 0 Å². The maximum atomic E-state index is 9.52. The third-order valence-electron chi connectivity index (χ3n) is 2.74. The lowest BCUT2D eigenvalue weighted by atomic mass is 10.1. The van der Waals surface area contributed by atoms with E-state index in [1.807, 2.05) is 19.1 Å². The molecule has 0 heterocycles. The van der Waals surface area contributed by atoms with Crippen molar-refractivity contribution in [3.8, 4) is 0 Å². The van der Waals surface area contributed by atoms with E-state index in [1.54, 1.807) is 13.2 Å². The maximum Gasteiger partial charge on any atom is 0.0785 e. The molecular weight excluding hydrogens is 273 g/mol. The Balaban J connectivity index is 2.45. The zero-order valence-electron chi connectivity index (χ0n) is 10.6. The molecule has 2 atom stereocenters. The van der Waals surface area contributed by atoms with Gasteiger partial charge in [-0.3, -0.25) is 0 Å². The maximum absolute atomic E-state index is 9.52. The monoisotopic (exact) mass is 291 g/mol. The zero-order valence-corrected chi connectivity index (χ0v) is 12.1. The Hall–Kier alpha value is -0.320. The second-order valence-electron chi connectivity index (χ2n) is 4.22. The van der Waals surface area contributed by atoms with Gasteiger partial charge in [-0.25, -0.2) is 0 Å². The number of hydrogen-bond acceptors (Lipinski definition) is 3. The van der Waals surface area contributed by atoms with Crippen LogP contribution in [-0.2, 0) is 4.74 Å². The van der Waals surface area contributed by atoms with Crippen LogP contribution in [0.4, 0.5) is 0 Å². The van der Waals surface area contributed by atoms with Crippen molar-refractivity contribution in [2.45, 2.75) is 25.5 Å². The second kappa shape index (κ2) is 7.97. The molecule has 0 amide bonds. The molecular formula is C13H19Cl2NO2. The third-order valence-corrected chi connectivity index (χ3v) is 3.57. The van der Waals surface area contributed by atoms with E-state index in [2.05, 4.69) is 5.32 Å². The van der Waals surface area contributed by atoms with Crippen LogP contribution in [0.3, 0.4) is 0 Å². The molecule has 1 aromatic rings. The highest BCUT2D eigenvalue weighted by Crippen LogP contribution is 2.29. The van der Waals surface area contributed by atoms with Crippen LogP contribution in [0.5, 0.6) is 0 Å². The first-order valence-corrected chi connectivity index (χ1v) is 6.66. The quantitative estimate of drug-likeness (QED) is 0.811. The molecule has 0 fully saturated rings. The molecule has 0 spiro atoms. The summed E-state index contributed by atoms with van der Waals surface area (Å²) in [5.74, 6) is 0. The first-order valence-electron chi connectivity index (χ1n) is 5.90. The molecule has 0 saturated carbocycles. The minimum absolute atomic E-state index is 0.0888. The van der Waals surface area contributed by atoms with E-state index < -0.39 is 6.10 Å². The Morgan fingerprint density at radius 1 is 1.39 bits per heavy atom. The number of aliphatic hydroxyl groups is 1. The Labute approximate surface area is 118 Å². The fraction of sp³-hybridized carbons (Fsp3) is 0.538. The molecule has 0 aromatic heterocycles. The lowest BCUT2D eigenvalue weighted by molar-refractivity contribution is 0.0590. The van der Waals surface area contributed by atoms with Gasteiger partial charge in [-0.2, -0.15) is 0 Å². The summed E-state index contributed by atoms with van der Waals surface area (Å²) < 4.78 is 4.86. The molecule has 102 valence electrons. The summed E-state index contributed by atoms with van der Waals surface area (Å²) in [6.07, 6.45) is 0.195. The van der Waals surface area contributed by atoms with Crippen molar-refractivity contribution >= 4 is 23.2 Å². The van der Waals surface area contributed by atoms with Crippen molar-refractivity contribution in [1.82, 2.24) is 5.32 Å². The topological polar surface area (TPSA) is 41.5 Å². The number of methoxy groups -OCH3 is 1. The Bertz CT molecular complexity index is 374. The normalized spacial score (nSPS) is 14.5. The minimum Gasteiger partial charge on any atom is -0.391 e. The summed E-state index contributed by atoms with van der Waals surface area (Å²) in [4.78, 5) is 0. The van der Waals surface area contributed by atoms with Crippen LogP contribution in [-0.4, -0.2) is 31.5 Å². The SMILES string of the molecule is COCC(O)CCNC(C)c1cccc(Cl)c1Cl. The van der Waals surface area contributed by atoms with Crippen molar-refractivity contribution in [3.05, 3.63) is 33.8 Å². The Kier molecular flexibility index (Phi) is 6.97. The Morgan fingerprint density at radius 3 is 2.78 bits per heavy atom. The van der Waals surface area contributed by atoms with Gasteiger partial charge in [0, 0.05) is 13.2 Å². The van der Waals surface area contributed by atoms with Crippen LogP contribution in [0.1, 0.15) is 24.9 Å². The summed E-state index contributed by atoms with van der Waals surface area (Å²) in [5.41, 5.74) is 0.963. The molecule has 1 aromatic carbocycles.